The van der Waals surface area contributed by atoms with Gasteiger partial charge in [-0.25, -0.2) is 4.98 Å². The average Bonchev–Trinajstić information content (AvgIpc) is 2.25. The van der Waals surface area contributed by atoms with Crippen molar-refractivity contribution in [2.45, 2.75) is 26.7 Å². The maximum atomic E-state index is 5.66. The van der Waals surface area contributed by atoms with Crippen molar-refractivity contribution in [1.82, 2.24) is 4.98 Å². The number of nitrogens with zero attached hydrogens (tertiary/aromatic N) is 1. The molecule has 1 heterocycles. The monoisotopic (exact) mass is 226 g/mol. The van der Waals surface area contributed by atoms with Crippen LogP contribution in [-0.2, 0) is 12.8 Å². The summed E-state index contributed by atoms with van der Waals surface area (Å²) in [5.74, 6) is 0.600. The third kappa shape index (κ3) is 3.31. The Hall–Kier alpha value is -1.83. The van der Waals surface area contributed by atoms with Crippen LogP contribution in [0.15, 0.2) is 36.5 Å². The molecule has 0 unspecified atom stereocenters. The lowest BCUT2D eigenvalue weighted by atomic mass is 10.0. The van der Waals surface area contributed by atoms with Gasteiger partial charge in [0.2, 0.25) is 0 Å². The number of aromatic nitrogens is 1. The lowest BCUT2D eigenvalue weighted by molar-refractivity contribution is 0.952. The van der Waals surface area contributed by atoms with Crippen LogP contribution in [0.4, 0.5) is 5.82 Å². The van der Waals surface area contributed by atoms with Gasteiger partial charge in [-0.2, -0.15) is 0 Å². The molecule has 2 aromatic rings. The molecule has 0 atom stereocenters. The van der Waals surface area contributed by atoms with Crippen LogP contribution in [0, 0.1) is 13.8 Å². The van der Waals surface area contributed by atoms with Crippen molar-refractivity contribution in [3.63, 3.8) is 0 Å². The Kier molecular flexibility index (Phi) is 3.43. The zero-order valence-electron chi connectivity index (χ0n) is 10.4. The lowest BCUT2D eigenvalue weighted by Crippen LogP contribution is -1.96. The predicted molar refractivity (Wildman–Crippen MR) is 72.0 cm³/mol. The number of pyridine rings is 1. The van der Waals surface area contributed by atoms with E-state index in [0.717, 1.165) is 12.8 Å². The van der Waals surface area contributed by atoms with Crippen LogP contribution in [0.2, 0.25) is 0 Å². The molecule has 0 saturated carbocycles. The fourth-order valence-electron chi connectivity index (χ4n) is 2.15. The van der Waals surface area contributed by atoms with Crippen molar-refractivity contribution in [3.05, 3.63) is 58.8 Å². The quantitative estimate of drug-likeness (QED) is 0.873. The number of hydrogen-bond acceptors (Lipinski definition) is 2. The molecule has 2 rings (SSSR count). The van der Waals surface area contributed by atoms with Crippen molar-refractivity contribution in [2.75, 3.05) is 5.73 Å². The van der Waals surface area contributed by atoms with Crippen LogP contribution in [0.5, 0.6) is 0 Å². The number of aryl methyl sites for hydroxylation is 4. The molecule has 0 saturated heterocycles. The summed E-state index contributed by atoms with van der Waals surface area (Å²) in [5, 5.41) is 0. The largest absolute Gasteiger partial charge is 0.384 e. The van der Waals surface area contributed by atoms with Gasteiger partial charge < -0.3 is 5.73 Å². The Morgan fingerprint density at radius 1 is 0.941 bits per heavy atom. The summed E-state index contributed by atoms with van der Waals surface area (Å²) in [5.41, 5.74) is 11.0. The van der Waals surface area contributed by atoms with E-state index in [1.165, 1.54) is 22.3 Å². The molecule has 0 radical (unpaired) electrons. The van der Waals surface area contributed by atoms with Gasteiger partial charge in [-0.1, -0.05) is 29.3 Å². The third-order valence-corrected chi connectivity index (χ3v) is 2.83. The van der Waals surface area contributed by atoms with Gasteiger partial charge in [0.25, 0.3) is 0 Å². The minimum absolute atomic E-state index is 0.600. The first kappa shape index (κ1) is 11.6. The molecule has 1 aromatic carbocycles. The Bertz CT molecular complexity index is 498. The van der Waals surface area contributed by atoms with Crippen molar-refractivity contribution in [2.24, 2.45) is 0 Å². The summed E-state index contributed by atoms with van der Waals surface area (Å²) in [6.07, 6.45) is 3.83. The van der Waals surface area contributed by atoms with Gasteiger partial charge in [-0.15, -0.1) is 0 Å². The number of nitrogen functional groups attached to an aromatic ring is 1. The minimum Gasteiger partial charge on any atom is -0.384 e. The summed E-state index contributed by atoms with van der Waals surface area (Å²) >= 11 is 0. The molecule has 2 N–H and O–H groups in total. The van der Waals surface area contributed by atoms with Crippen molar-refractivity contribution >= 4 is 5.82 Å². The van der Waals surface area contributed by atoms with E-state index in [1.54, 1.807) is 6.20 Å². The first-order valence-electron chi connectivity index (χ1n) is 5.91. The van der Waals surface area contributed by atoms with Gasteiger partial charge in [0.15, 0.2) is 0 Å². The van der Waals surface area contributed by atoms with Gasteiger partial charge in [0, 0.05) is 6.20 Å². The predicted octanol–water partition coefficient (Wildman–Crippen LogP) is 3.07. The van der Waals surface area contributed by atoms with Crippen LogP contribution in [0.25, 0.3) is 0 Å². The average molecular weight is 226 g/mol. The topological polar surface area (TPSA) is 38.9 Å². The van der Waals surface area contributed by atoms with Crippen LogP contribution in [0.3, 0.4) is 0 Å². The molecule has 0 aliphatic carbocycles. The number of rotatable bonds is 3. The molecule has 2 heteroatoms. The van der Waals surface area contributed by atoms with E-state index in [1.807, 2.05) is 12.1 Å². The highest BCUT2D eigenvalue weighted by Gasteiger charge is 1.99. The molecular weight excluding hydrogens is 208 g/mol. The highest BCUT2D eigenvalue weighted by molar-refractivity contribution is 5.33. The Morgan fingerprint density at radius 2 is 1.59 bits per heavy atom. The molecule has 88 valence electrons. The van der Waals surface area contributed by atoms with Crippen LogP contribution in [-0.4, -0.2) is 4.98 Å². The lowest BCUT2D eigenvalue weighted by Gasteiger charge is -2.05. The summed E-state index contributed by atoms with van der Waals surface area (Å²) < 4.78 is 0. The number of nitrogens with two attached hydrogens (primary N) is 1. The van der Waals surface area contributed by atoms with Crippen LogP contribution < -0.4 is 5.73 Å². The summed E-state index contributed by atoms with van der Waals surface area (Å²) in [6.45, 7) is 4.28. The Labute approximate surface area is 103 Å². The smallest absolute Gasteiger partial charge is 0.123 e. The maximum absolute atomic E-state index is 5.66. The zero-order chi connectivity index (χ0) is 12.3. The first-order chi connectivity index (χ1) is 8.13. The molecule has 0 spiro atoms. The third-order valence-electron chi connectivity index (χ3n) is 2.83. The summed E-state index contributed by atoms with van der Waals surface area (Å²) in [7, 11) is 0. The number of hydrogen-bond donors (Lipinski definition) is 1. The standard InChI is InChI=1S/C15H18N2/c1-11-7-12(2)9-14(8-11)4-3-13-5-6-17-15(16)10-13/h5-10H,3-4H2,1-2H3,(H2,16,17). The van der Waals surface area contributed by atoms with Crippen LogP contribution in [0.1, 0.15) is 22.3 Å². The SMILES string of the molecule is Cc1cc(C)cc(CCc2ccnc(N)c2)c1. The molecule has 0 amide bonds. The Balaban J connectivity index is 2.07. The molecule has 0 aliphatic rings. The van der Waals surface area contributed by atoms with Gasteiger partial charge in [0.1, 0.15) is 5.82 Å². The fourth-order valence-corrected chi connectivity index (χ4v) is 2.15. The van der Waals surface area contributed by atoms with Crippen molar-refractivity contribution < 1.29 is 0 Å². The number of anilines is 1. The fraction of sp³-hybridized carbons (Fsp3) is 0.267. The Morgan fingerprint density at radius 3 is 2.24 bits per heavy atom. The molecule has 0 fully saturated rings. The van der Waals surface area contributed by atoms with E-state index in [-0.39, 0.29) is 0 Å². The van der Waals surface area contributed by atoms with E-state index >= 15 is 0 Å². The van der Waals surface area contributed by atoms with Gasteiger partial charge in [-0.3, -0.25) is 0 Å². The van der Waals surface area contributed by atoms with E-state index in [2.05, 4.69) is 37.0 Å². The van der Waals surface area contributed by atoms with E-state index in [9.17, 15) is 0 Å². The molecule has 2 nitrogen and oxygen atoms in total. The van der Waals surface area contributed by atoms with Crippen LogP contribution >= 0.6 is 0 Å². The number of benzene rings is 1. The van der Waals surface area contributed by atoms with E-state index < -0.39 is 0 Å². The summed E-state index contributed by atoms with van der Waals surface area (Å²) in [4.78, 5) is 4.00. The highest BCUT2D eigenvalue weighted by atomic mass is 14.8. The molecule has 17 heavy (non-hydrogen) atoms. The van der Waals surface area contributed by atoms with Crippen molar-refractivity contribution in [1.29, 1.82) is 0 Å². The second kappa shape index (κ2) is 5.00. The minimum atomic E-state index is 0.600. The first-order valence-corrected chi connectivity index (χ1v) is 5.91. The second-order valence-electron chi connectivity index (χ2n) is 4.58. The van der Waals surface area contributed by atoms with Gasteiger partial charge in [0.05, 0.1) is 0 Å². The normalized spacial score (nSPS) is 10.5. The maximum Gasteiger partial charge on any atom is 0.123 e. The van der Waals surface area contributed by atoms with Crippen molar-refractivity contribution in [3.8, 4) is 0 Å². The summed E-state index contributed by atoms with van der Waals surface area (Å²) in [6, 6.07) is 10.7. The van der Waals surface area contributed by atoms with E-state index in [4.69, 9.17) is 5.73 Å². The molecule has 1 aromatic heterocycles. The second-order valence-corrected chi connectivity index (χ2v) is 4.58. The molecule has 0 aliphatic heterocycles. The highest BCUT2D eigenvalue weighted by Crippen LogP contribution is 2.12. The molecule has 0 bridgehead atoms. The van der Waals surface area contributed by atoms with Gasteiger partial charge in [-0.05, 0) is 49.9 Å². The molecular formula is C15H18N2. The van der Waals surface area contributed by atoms with Gasteiger partial charge >= 0.3 is 0 Å². The van der Waals surface area contributed by atoms with E-state index in [0.29, 0.717) is 5.82 Å². The zero-order valence-corrected chi connectivity index (χ0v) is 10.4.